The standard InChI is InChI=1S/C12H18N2O2S/c1-14(2)11-6-4-5-10(9-11)12(15)13-7-8-17(3)16/h4-6,9H,7-8H2,1-3H3,(H,13,15)/t17-/m1/s1. The summed E-state index contributed by atoms with van der Waals surface area (Å²) in [6, 6.07) is 7.39. The number of amides is 1. The van der Waals surface area contributed by atoms with Crippen LogP contribution in [0.1, 0.15) is 10.4 Å². The minimum Gasteiger partial charge on any atom is -0.378 e. The van der Waals surface area contributed by atoms with E-state index in [1.165, 1.54) is 0 Å². The number of hydrogen-bond acceptors (Lipinski definition) is 3. The highest BCUT2D eigenvalue weighted by molar-refractivity contribution is 7.84. The zero-order chi connectivity index (χ0) is 12.8. The maximum atomic E-state index is 11.8. The van der Waals surface area contributed by atoms with Crippen LogP contribution in [0.3, 0.4) is 0 Å². The molecule has 0 aliphatic rings. The highest BCUT2D eigenvalue weighted by Crippen LogP contribution is 2.13. The van der Waals surface area contributed by atoms with E-state index in [4.69, 9.17) is 0 Å². The lowest BCUT2D eigenvalue weighted by Crippen LogP contribution is -2.27. The van der Waals surface area contributed by atoms with Crippen molar-refractivity contribution in [2.45, 2.75) is 0 Å². The van der Waals surface area contributed by atoms with Crippen LogP contribution in [0.25, 0.3) is 0 Å². The van der Waals surface area contributed by atoms with Crippen molar-refractivity contribution in [3.05, 3.63) is 29.8 Å². The molecule has 0 fully saturated rings. The Morgan fingerprint density at radius 1 is 1.41 bits per heavy atom. The Kier molecular flexibility index (Phi) is 5.15. The van der Waals surface area contributed by atoms with Gasteiger partial charge in [-0.25, -0.2) is 0 Å². The molecule has 17 heavy (non-hydrogen) atoms. The minimum absolute atomic E-state index is 0.126. The summed E-state index contributed by atoms with van der Waals surface area (Å²) in [5.41, 5.74) is 1.61. The molecule has 0 unspecified atom stereocenters. The van der Waals surface area contributed by atoms with E-state index in [1.54, 1.807) is 12.3 Å². The third kappa shape index (κ3) is 4.56. The van der Waals surface area contributed by atoms with Crippen molar-refractivity contribution >= 4 is 22.4 Å². The van der Waals surface area contributed by atoms with E-state index in [1.807, 2.05) is 37.2 Å². The van der Waals surface area contributed by atoms with Crippen LogP contribution in [-0.4, -0.2) is 42.8 Å². The van der Waals surface area contributed by atoms with Gasteiger partial charge in [-0.05, 0) is 18.2 Å². The Labute approximate surface area is 104 Å². The molecule has 1 N–H and O–H groups in total. The second kappa shape index (κ2) is 6.39. The lowest BCUT2D eigenvalue weighted by Gasteiger charge is -2.13. The van der Waals surface area contributed by atoms with Gasteiger partial charge in [0.15, 0.2) is 0 Å². The molecular formula is C12H18N2O2S. The molecule has 0 heterocycles. The predicted molar refractivity (Wildman–Crippen MR) is 72.0 cm³/mol. The number of anilines is 1. The van der Waals surface area contributed by atoms with Gasteiger partial charge in [-0.15, -0.1) is 0 Å². The van der Waals surface area contributed by atoms with Gasteiger partial charge in [0.2, 0.25) is 0 Å². The van der Waals surface area contributed by atoms with E-state index in [0.717, 1.165) is 5.69 Å². The van der Waals surface area contributed by atoms with E-state index in [0.29, 0.717) is 17.9 Å². The smallest absolute Gasteiger partial charge is 0.251 e. The molecule has 0 aromatic heterocycles. The fourth-order valence-corrected chi connectivity index (χ4v) is 1.73. The molecule has 0 bridgehead atoms. The van der Waals surface area contributed by atoms with Crippen LogP contribution < -0.4 is 10.2 Å². The number of benzene rings is 1. The monoisotopic (exact) mass is 254 g/mol. The van der Waals surface area contributed by atoms with Crippen LogP contribution >= 0.6 is 0 Å². The molecule has 0 spiro atoms. The van der Waals surface area contributed by atoms with Crippen LogP contribution in [0.2, 0.25) is 0 Å². The average Bonchev–Trinajstić information content (AvgIpc) is 2.28. The third-order valence-electron chi connectivity index (χ3n) is 2.30. The van der Waals surface area contributed by atoms with E-state index in [9.17, 15) is 9.00 Å². The molecule has 0 saturated carbocycles. The van der Waals surface area contributed by atoms with Gasteiger partial charge in [-0.1, -0.05) is 6.07 Å². The summed E-state index contributed by atoms with van der Waals surface area (Å²) in [6.45, 7) is 0.439. The Bertz CT molecular complexity index is 419. The highest BCUT2D eigenvalue weighted by Gasteiger charge is 2.06. The SMILES string of the molecule is CN(C)c1cccc(C(=O)NCC[S@@](C)=O)c1. The summed E-state index contributed by atoms with van der Waals surface area (Å²) in [5.74, 6) is 0.359. The first kappa shape index (κ1) is 13.7. The van der Waals surface area contributed by atoms with Crippen LogP contribution in [0, 0.1) is 0 Å². The Morgan fingerprint density at radius 2 is 2.12 bits per heavy atom. The zero-order valence-corrected chi connectivity index (χ0v) is 11.2. The second-order valence-corrected chi connectivity index (χ2v) is 5.53. The van der Waals surface area contributed by atoms with Crippen molar-refractivity contribution in [1.29, 1.82) is 0 Å². The summed E-state index contributed by atoms with van der Waals surface area (Å²) in [6.07, 6.45) is 1.62. The zero-order valence-electron chi connectivity index (χ0n) is 10.4. The maximum absolute atomic E-state index is 11.8. The van der Waals surface area contributed by atoms with Gasteiger partial charge >= 0.3 is 0 Å². The summed E-state index contributed by atoms with van der Waals surface area (Å²) < 4.78 is 10.9. The Hall–Kier alpha value is -1.36. The number of carbonyl (C=O) groups is 1. The van der Waals surface area contributed by atoms with E-state index in [-0.39, 0.29) is 5.91 Å². The van der Waals surface area contributed by atoms with Crippen LogP contribution in [0.4, 0.5) is 5.69 Å². The lowest BCUT2D eigenvalue weighted by atomic mass is 10.2. The van der Waals surface area contributed by atoms with Gasteiger partial charge in [-0.2, -0.15) is 0 Å². The first-order chi connectivity index (χ1) is 8.00. The number of nitrogens with one attached hydrogen (secondary N) is 1. The fourth-order valence-electron chi connectivity index (χ4n) is 1.34. The van der Waals surface area contributed by atoms with Crippen molar-refractivity contribution in [3.63, 3.8) is 0 Å². The van der Waals surface area contributed by atoms with Crippen molar-refractivity contribution in [2.75, 3.05) is 37.5 Å². The molecule has 1 aromatic rings. The third-order valence-corrected chi connectivity index (χ3v) is 3.08. The first-order valence-corrected chi connectivity index (χ1v) is 7.09. The molecule has 0 aliphatic heterocycles. The molecule has 0 saturated heterocycles. The lowest BCUT2D eigenvalue weighted by molar-refractivity contribution is 0.0956. The van der Waals surface area contributed by atoms with Gasteiger partial charge in [0.05, 0.1) is 0 Å². The molecule has 0 radical (unpaired) electrons. The molecule has 1 aromatic carbocycles. The van der Waals surface area contributed by atoms with Gasteiger partial charge in [0.1, 0.15) is 0 Å². The number of nitrogens with zero attached hydrogens (tertiary/aromatic N) is 1. The molecule has 4 nitrogen and oxygen atoms in total. The van der Waals surface area contributed by atoms with Crippen LogP contribution in [0.5, 0.6) is 0 Å². The predicted octanol–water partition coefficient (Wildman–Crippen LogP) is 0.861. The first-order valence-electron chi connectivity index (χ1n) is 5.36. The van der Waals surface area contributed by atoms with Gasteiger partial charge in [0.25, 0.3) is 5.91 Å². The Morgan fingerprint density at radius 3 is 2.71 bits per heavy atom. The molecule has 1 rings (SSSR count). The summed E-state index contributed by atoms with van der Waals surface area (Å²) in [5, 5.41) is 2.75. The molecule has 1 amide bonds. The fraction of sp³-hybridized carbons (Fsp3) is 0.417. The summed E-state index contributed by atoms with van der Waals surface area (Å²) in [4.78, 5) is 13.7. The van der Waals surface area contributed by atoms with Crippen molar-refractivity contribution in [2.24, 2.45) is 0 Å². The van der Waals surface area contributed by atoms with E-state index < -0.39 is 10.8 Å². The van der Waals surface area contributed by atoms with Crippen LogP contribution in [0.15, 0.2) is 24.3 Å². The van der Waals surface area contributed by atoms with E-state index in [2.05, 4.69) is 5.32 Å². The number of rotatable bonds is 5. The number of carbonyl (C=O) groups excluding carboxylic acids is 1. The number of hydrogen-bond donors (Lipinski definition) is 1. The topological polar surface area (TPSA) is 49.4 Å². The van der Waals surface area contributed by atoms with Gasteiger partial charge in [-0.3, -0.25) is 9.00 Å². The molecule has 1 atom stereocenters. The second-order valence-electron chi connectivity index (χ2n) is 3.98. The average molecular weight is 254 g/mol. The molecule has 0 aliphatic carbocycles. The highest BCUT2D eigenvalue weighted by atomic mass is 32.2. The van der Waals surface area contributed by atoms with Crippen molar-refractivity contribution in [1.82, 2.24) is 5.32 Å². The van der Waals surface area contributed by atoms with Crippen molar-refractivity contribution in [3.8, 4) is 0 Å². The Balaban J connectivity index is 2.62. The maximum Gasteiger partial charge on any atom is 0.251 e. The molecule has 94 valence electrons. The van der Waals surface area contributed by atoms with Crippen molar-refractivity contribution < 1.29 is 9.00 Å². The molecule has 5 heteroatoms. The molecular weight excluding hydrogens is 236 g/mol. The summed E-state index contributed by atoms with van der Waals surface area (Å²) >= 11 is 0. The van der Waals surface area contributed by atoms with Gasteiger partial charge < -0.3 is 10.2 Å². The van der Waals surface area contributed by atoms with Gasteiger partial charge in [0, 0.05) is 54.7 Å². The normalized spacial score (nSPS) is 11.9. The van der Waals surface area contributed by atoms with E-state index >= 15 is 0 Å². The minimum atomic E-state index is -0.873. The summed E-state index contributed by atoms with van der Waals surface area (Å²) in [7, 11) is 2.98. The van der Waals surface area contributed by atoms with Crippen LogP contribution in [-0.2, 0) is 10.8 Å². The quantitative estimate of drug-likeness (QED) is 0.848. The largest absolute Gasteiger partial charge is 0.378 e.